The summed E-state index contributed by atoms with van der Waals surface area (Å²) in [5.41, 5.74) is 8.56. The fourth-order valence-corrected chi connectivity index (χ4v) is 2.07. The molecule has 3 N–H and O–H groups in total. The van der Waals surface area contributed by atoms with E-state index in [1.54, 1.807) is 0 Å². The van der Waals surface area contributed by atoms with Crippen molar-refractivity contribution in [2.75, 3.05) is 11.1 Å². The number of anilines is 3. The van der Waals surface area contributed by atoms with Gasteiger partial charge >= 0.3 is 0 Å². The van der Waals surface area contributed by atoms with Crippen LogP contribution in [0.25, 0.3) is 12.2 Å². The fraction of sp³-hybridized carbons (Fsp3) is 0.235. The number of nitrogens with two attached hydrogens (primary N) is 1. The predicted octanol–water partition coefficient (Wildman–Crippen LogP) is 2.79. The van der Waals surface area contributed by atoms with Gasteiger partial charge in [0.2, 0.25) is 0 Å². The molecule has 20 heavy (non-hydrogen) atoms. The van der Waals surface area contributed by atoms with Crippen LogP contribution in [0.1, 0.15) is 26.7 Å². The van der Waals surface area contributed by atoms with Crippen molar-refractivity contribution in [3.8, 4) is 0 Å². The SMILES string of the molecule is C/C=c1/c(Nc2ccc(N)cc2)ccn/c1=C/CCC. The molecule has 0 atom stereocenters. The molecular formula is C17H21N3. The van der Waals surface area contributed by atoms with E-state index in [-0.39, 0.29) is 0 Å². The first kappa shape index (κ1) is 14.1. The molecule has 0 saturated heterocycles. The van der Waals surface area contributed by atoms with Crippen molar-refractivity contribution in [3.05, 3.63) is 47.1 Å². The molecule has 3 heteroatoms. The van der Waals surface area contributed by atoms with Crippen LogP contribution in [0.2, 0.25) is 0 Å². The molecule has 0 aliphatic carbocycles. The molecule has 2 rings (SSSR count). The summed E-state index contributed by atoms with van der Waals surface area (Å²) < 4.78 is 0. The first-order valence-electron chi connectivity index (χ1n) is 6.98. The highest BCUT2D eigenvalue weighted by atomic mass is 14.9. The summed E-state index contributed by atoms with van der Waals surface area (Å²) >= 11 is 0. The van der Waals surface area contributed by atoms with E-state index in [1.165, 1.54) is 0 Å². The number of nitrogens with one attached hydrogen (secondary N) is 1. The van der Waals surface area contributed by atoms with E-state index in [1.807, 2.05) is 43.5 Å². The van der Waals surface area contributed by atoms with Crippen molar-refractivity contribution in [1.29, 1.82) is 0 Å². The first-order valence-corrected chi connectivity index (χ1v) is 6.98. The van der Waals surface area contributed by atoms with Crippen LogP contribution in [0.4, 0.5) is 17.1 Å². The zero-order valence-corrected chi connectivity index (χ0v) is 12.1. The quantitative estimate of drug-likeness (QED) is 0.838. The number of pyridine rings is 1. The van der Waals surface area contributed by atoms with Gasteiger partial charge in [0, 0.05) is 28.5 Å². The molecule has 1 aromatic carbocycles. The van der Waals surface area contributed by atoms with Gasteiger partial charge in [0.1, 0.15) is 0 Å². The number of hydrogen-bond acceptors (Lipinski definition) is 3. The molecule has 0 fully saturated rings. The minimum atomic E-state index is 0.768. The molecule has 0 aliphatic rings. The maximum Gasteiger partial charge on any atom is 0.0679 e. The second kappa shape index (κ2) is 6.75. The lowest BCUT2D eigenvalue weighted by atomic mass is 10.2. The summed E-state index contributed by atoms with van der Waals surface area (Å²) in [6.45, 7) is 4.21. The summed E-state index contributed by atoms with van der Waals surface area (Å²) in [5, 5.41) is 5.59. The Bertz CT molecular complexity index is 672. The average molecular weight is 267 g/mol. The molecule has 0 bridgehead atoms. The Morgan fingerprint density at radius 2 is 1.95 bits per heavy atom. The summed E-state index contributed by atoms with van der Waals surface area (Å²) in [7, 11) is 0. The first-order chi connectivity index (χ1) is 9.74. The van der Waals surface area contributed by atoms with Crippen LogP contribution in [0.5, 0.6) is 0 Å². The highest BCUT2D eigenvalue weighted by Crippen LogP contribution is 2.14. The van der Waals surface area contributed by atoms with Crippen LogP contribution < -0.4 is 21.6 Å². The summed E-state index contributed by atoms with van der Waals surface area (Å²) in [6, 6.07) is 9.73. The van der Waals surface area contributed by atoms with E-state index in [0.29, 0.717) is 0 Å². The van der Waals surface area contributed by atoms with Crippen molar-refractivity contribution in [2.24, 2.45) is 0 Å². The number of hydrogen-bond donors (Lipinski definition) is 2. The predicted molar refractivity (Wildman–Crippen MR) is 87.1 cm³/mol. The highest BCUT2D eigenvalue weighted by Gasteiger charge is 1.98. The monoisotopic (exact) mass is 267 g/mol. The van der Waals surface area contributed by atoms with Crippen molar-refractivity contribution in [3.63, 3.8) is 0 Å². The van der Waals surface area contributed by atoms with E-state index in [0.717, 1.165) is 40.5 Å². The second-order valence-corrected chi connectivity index (χ2v) is 4.69. The maximum atomic E-state index is 5.71. The number of nitrogens with zero attached hydrogens (tertiary/aromatic N) is 1. The Labute approximate surface area is 119 Å². The summed E-state index contributed by atoms with van der Waals surface area (Å²) in [5.74, 6) is 0. The van der Waals surface area contributed by atoms with E-state index in [4.69, 9.17) is 5.73 Å². The van der Waals surface area contributed by atoms with Crippen LogP contribution in [0, 0.1) is 0 Å². The molecule has 1 aromatic heterocycles. The molecular weight excluding hydrogens is 246 g/mol. The van der Waals surface area contributed by atoms with Gasteiger partial charge < -0.3 is 11.1 Å². The molecule has 0 saturated carbocycles. The van der Waals surface area contributed by atoms with Gasteiger partial charge in [0.05, 0.1) is 5.35 Å². The number of nitrogen functional groups attached to an aromatic ring is 1. The minimum absolute atomic E-state index is 0.768. The van der Waals surface area contributed by atoms with Crippen molar-refractivity contribution >= 4 is 29.2 Å². The lowest BCUT2D eigenvalue weighted by Gasteiger charge is -2.08. The molecule has 0 unspecified atom stereocenters. The number of aromatic nitrogens is 1. The van der Waals surface area contributed by atoms with Crippen LogP contribution in [-0.4, -0.2) is 4.98 Å². The van der Waals surface area contributed by atoms with E-state index < -0.39 is 0 Å². The van der Waals surface area contributed by atoms with E-state index in [2.05, 4.69) is 29.4 Å². The van der Waals surface area contributed by atoms with Crippen LogP contribution >= 0.6 is 0 Å². The average Bonchev–Trinajstić information content (AvgIpc) is 2.47. The number of unbranched alkanes of at least 4 members (excludes halogenated alkanes) is 1. The lowest BCUT2D eigenvalue weighted by molar-refractivity contribution is 0.985. The number of benzene rings is 1. The van der Waals surface area contributed by atoms with Crippen molar-refractivity contribution < 1.29 is 0 Å². The zero-order chi connectivity index (χ0) is 14.4. The maximum absolute atomic E-state index is 5.71. The van der Waals surface area contributed by atoms with Gasteiger partial charge in [-0.3, -0.25) is 4.98 Å². The van der Waals surface area contributed by atoms with Crippen LogP contribution in [0.15, 0.2) is 36.5 Å². The van der Waals surface area contributed by atoms with Gasteiger partial charge in [0.25, 0.3) is 0 Å². The number of rotatable bonds is 4. The molecule has 0 aliphatic heterocycles. The third kappa shape index (κ3) is 3.38. The van der Waals surface area contributed by atoms with Gasteiger partial charge in [-0.15, -0.1) is 0 Å². The molecule has 1 heterocycles. The van der Waals surface area contributed by atoms with Gasteiger partial charge in [-0.2, -0.15) is 0 Å². The largest absolute Gasteiger partial charge is 0.399 e. The Morgan fingerprint density at radius 3 is 2.60 bits per heavy atom. The van der Waals surface area contributed by atoms with Gasteiger partial charge in [-0.1, -0.05) is 25.5 Å². The molecule has 104 valence electrons. The normalized spacial score (nSPS) is 12.7. The zero-order valence-electron chi connectivity index (χ0n) is 12.1. The molecule has 0 radical (unpaired) electrons. The Morgan fingerprint density at radius 1 is 1.20 bits per heavy atom. The highest BCUT2D eigenvalue weighted by molar-refractivity contribution is 5.63. The minimum Gasteiger partial charge on any atom is -0.399 e. The summed E-state index contributed by atoms with van der Waals surface area (Å²) in [6.07, 6.45) is 8.28. The van der Waals surface area contributed by atoms with Gasteiger partial charge in [0.15, 0.2) is 0 Å². The second-order valence-electron chi connectivity index (χ2n) is 4.69. The molecule has 3 nitrogen and oxygen atoms in total. The van der Waals surface area contributed by atoms with Crippen molar-refractivity contribution in [1.82, 2.24) is 4.98 Å². The molecule has 2 aromatic rings. The van der Waals surface area contributed by atoms with Gasteiger partial charge in [-0.25, -0.2) is 0 Å². The Hall–Kier alpha value is -2.29. The van der Waals surface area contributed by atoms with E-state index >= 15 is 0 Å². The standard InChI is InChI=1S/C17H21N3/c1-3-5-6-16-15(4-2)17(11-12-19-16)20-14-9-7-13(18)8-10-14/h4,6-12,20H,3,5,18H2,1-2H3/b15-4+,16-6+. The summed E-state index contributed by atoms with van der Waals surface area (Å²) in [4.78, 5) is 4.46. The Kier molecular flexibility index (Phi) is 4.77. The third-order valence-electron chi connectivity index (χ3n) is 3.13. The molecule has 0 amide bonds. The fourth-order valence-electron chi connectivity index (χ4n) is 2.07. The van der Waals surface area contributed by atoms with Crippen molar-refractivity contribution in [2.45, 2.75) is 26.7 Å². The van der Waals surface area contributed by atoms with Crippen LogP contribution in [-0.2, 0) is 0 Å². The van der Waals surface area contributed by atoms with Gasteiger partial charge in [-0.05, 0) is 43.7 Å². The topological polar surface area (TPSA) is 50.9 Å². The van der Waals surface area contributed by atoms with Crippen LogP contribution in [0.3, 0.4) is 0 Å². The lowest BCUT2D eigenvalue weighted by Crippen LogP contribution is -2.30. The Balaban J connectivity index is 2.40. The molecule has 0 spiro atoms. The van der Waals surface area contributed by atoms with E-state index in [9.17, 15) is 0 Å². The third-order valence-corrected chi connectivity index (χ3v) is 3.13. The smallest absolute Gasteiger partial charge is 0.0679 e.